The summed E-state index contributed by atoms with van der Waals surface area (Å²) in [6.07, 6.45) is 3.79. The van der Waals surface area contributed by atoms with Crippen LogP contribution in [0.25, 0.3) is 0 Å². The normalized spacial score (nSPS) is 30.6. The number of carboxylic acid groups (broad SMARTS) is 1. The number of halogens is 1. The molecule has 5 rings (SSSR count). The molecule has 2 aliphatic carbocycles. The molecule has 0 aromatic heterocycles. The lowest BCUT2D eigenvalue weighted by atomic mass is 9.67. The first-order valence-electron chi connectivity index (χ1n) is 9.84. The van der Waals surface area contributed by atoms with Gasteiger partial charge in [0.1, 0.15) is 0 Å². The van der Waals surface area contributed by atoms with E-state index in [1.54, 1.807) is 6.07 Å². The van der Waals surface area contributed by atoms with Gasteiger partial charge in [0.25, 0.3) is 0 Å². The quantitative estimate of drug-likeness (QED) is 0.675. The molecule has 2 aromatic rings. The Balaban J connectivity index is 1.72. The molecule has 1 aliphatic heterocycles. The molecule has 2 aromatic carbocycles. The smallest absolute Gasteiger partial charge is 0.337 e. The second kappa shape index (κ2) is 6.00. The molecule has 2 N–H and O–H groups in total. The highest BCUT2D eigenvalue weighted by Gasteiger charge is 2.54. The highest BCUT2D eigenvalue weighted by atomic mass is 35.5. The Hall–Kier alpha value is -2.00. The van der Waals surface area contributed by atoms with E-state index < -0.39 is 5.97 Å². The maximum atomic E-state index is 11.9. The third-order valence-corrected chi connectivity index (χ3v) is 7.38. The first kappa shape index (κ1) is 17.1. The fourth-order valence-corrected chi connectivity index (χ4v) is 6.36. The first-order valence-corrected chi connectivity index (χ1v) is 10.2. The minimum Gasteiger partial charge on any atom is -0.478 e. The Kier molecular flexibility index (Phi) is 3.80. The Bertz CT molecular complexity index is 954. The van der Waals surface area contributed by atoms with Crippen LogP contribution in [0.4, 0.5) is 5.69 Å². The van der Waals surface area contributed by atoms with Gasteiger partial charge in [-0.3, -0.25) is 0 Å². The van der Waals surface area contributed by atoms with E-state index in [0.29, 0.717) is 34.3 Å². The SMILES string of the molecule is Cc1ccc(C)c([C@@H]2Nc3c(C(=O)O)cc(Cl)cc3[C@H]3[C@H]4CC[C@H](C4)[C@H]32)c1. The maximum Gasteiger partial charge on any atom is 0.337 e. The van der Waals surface area contributed by atoms with Crippen LogP contribution in [0, 0.1) is 31.6 Å². The Labute approximate surface area is 164 Å². The van der Waals surface area contributed by atoms with Crippen molar-refractivity contribution in [2.45, 2.75) is 45.1 Å². The lowest BCUT2D eigenvalue weighted by molar-refractivity contribution is 0.0697. The van der Waals surface area contributed by atoms with Crippen LogP contribution in [0.1, 0.15) is 63.8 Å². The number of carbonyl (C=O) groups is 1. The van der Waals surface area contributed by atoms with E-state index in [2.05, 4.69) is 37.4 Å². The van der Waals surface area contributed by atoms with Crippen LogP contribution in [0.15, 0.2) is 30.3 Å². The molecular formula is C23H24ClNO2. The van der Waals surface area contributed by atoms with Crippen LogP contribution in [0.2, 0.25) is 5.02 Å². The van der Waals surface area contributed by atoms with Crippen molar-refractivity contribution in [2.24, 2.45) is 17.8 Å². The number of hydrogen-bond acceptors (Lipinski definition) is 2. The van der Waals surface area contributed by atoms with Gasteiger partial charge in [0.05, 0.1) is 17.3 Å². The van der Waals surface area contributed by atoms with Gasteiger partial charge in [-0.2, -0.15) is 0 Å². The molecule has 2 bridgehead atoms. The van der Waals surface area contributed by atoms with Gasteiger partial charge in [0, 0.05) is 5.02 Å². The number of carboxylic acids is 1. The van der Waals surface area contributed by atoms with Gasteiger partial charge in [0.15, 0.2) is 0 Å². The van der Waals surface area contributed by atoms with Crippen LogP contribution >= 0.6 is 11.6 Å². The Morgan fingerprint density at radius 1 is 1.11 bits per heavy atom. The number of benzene rings is 2. The molecule has 0 saturated heterocycles. The number of hydrogen-bond donors (Lipinski definition) is 2. The third-order valence-electron chi connectivity index (χ3n) is 7.16. The maximum absolute atomic E-state index is 11.9. The summed E-state index contributed by atoms with van der Waals surface area (Å²) in [5.41, 5.74) is 6.04. The molecule has 4 heteroatoms. The summed E-state index contributed by atoms with van der Waals surface area (Å²) in [5.74, 6) is 1.35. The zero-order chi connectivity index (χ0) is 18.9. The second-order valence-corrected chi connectivity index (χ2v) is 9.08. The fourth-order valence-electron chi connectivity index (χ4n) is 6.13. The predicted molar refractivity (Wildman–Crippen MR) is 108 cm³/mol. The molecule has 27 heavy (non-hydrogen) atoms. The first-order chi connectivity index (χ1) is 12.9. The monoisotopic (exact) mass is 381 g/mol. The number of aryl methyl sites for hydroxylation is 2. The van der Waals surface area contributed by atoms with Crippen LogP contribution in [-0.4, -0.2) is 11.1 Å². The summed E-state index contributed by atoms with van der Waals surface area (Å²) in [7, 11) is 0. The topological polar surface area (TPSA) is 49.3 Å². The van der Waals surface area contributed by atoms with Gasteiger partial charge < -0.3 is 10.4 Å². The molecule has 140 valence electrons. The summed E-state index contributed by atoms with van der Waals surface area (Å²) < 4.78 is 0. The largest absolute Gasteiger partial charge is 0.478 e. The van der Waals surface area contributed by atoms with Crippen molar-refractivity contribution in [1.29, 1.82) is 0 Å². The molecule has 1 heterocycles. The molecule has 5 atom stereocenters. The van der Waals surface area contributed by atoms with Gasteiger partial charge >= 0.3 is 5.97 Å². The van der Waals surface area contributed by atoms with Crippen molar-refractivity contribution >= 4 is 23.3 Å². The van der Waals surface area contributed by atoms with E-state index in [4.69, 9.17) is 11.6 Å². The number of anilines is 1. The van der Waals surface area contributed by atoms with Gasteiger partial charge in [-0.25, -0.2) is 4.79 Å². The average molecular weight is 382 g/mol. The van der Waals surface area contributed by atoms with E-state index in [-0.39, 0.29) is 6.04 Å². The van der Waals surface area contributed by atoms with E-state index in [1.165, 1.54) is 36.0 Å². The van der Waals surface area contributed by atoms with Crippen molar-refractivity contribution in [3.05, 3.63) is 63.2 Å². The van der Waals surface area contributed by atoms with Crippen LogP contribution in [-0.2, 0) is 0 Å². The summed E-state index contributed by atoms with van der Waals surface area (Å²) in [6.45, 7) is 4.29. The van der Waals surface area contributed by atoms with Crippen molar-refractivity contribution < 1.29 is 9.90 Å². The highest BCUT2D eigenvalue weighted by Crippen LogP contribution is 2.64. The van der Waals surface area contributed by atoms with Crippen molar-refractivity contribution in [2.75, 3.05) is 5.32 Å². The molecule has 2 fully saturated rings. The number of nitrogens with one attached hydrogen (secondary N) is 1. The zero-order valence-corrected chi connectivity index (χ0v) is 16.4. The van der Waals surface area contributed by atoms with Gasteiger partial charge in [-0.15, -0.1) is 0 Å². The van der Waals surface area contributed by atoms with Crippen molar-refractivity contribution in [1.82, 2.24) is 0 Å². The van der Waals surface area contributed by atoms with Gasteiger partial charge in [0.2, 0.25) is 0 Å². The standard InChI is InChI=1S/C23H24ClNO2/c1-11-3-4-12(2)16(7-11)22-20-14-6-5-13(8-14)19(20)17-9-15(24)10-18(23(26)27)21(17)25-22/h3-4,7,9-10,13-14,19-20,22,25H,5-6,8H2,1-2H3,(H,26,27)/t13-,14+,19+,20+,22-/m0/s1. The lowest BCUT2D eigenvalue weighted by Crippen LogP contribution is -2.36. The van der Waals surface area contributed by atoms with Gasteiger partial charge in [-0.05, 0) is 85.6 Å². The molecule has 3 nitrogen and oxygen atoms in total. The van der Waals surface area contributed by atoms with Crippen molar-refractivity contribution in [3.63, 3.8) is 0 Å². The van der Waals surface area contributed by atoms with Crippen molar-refractivity contribution in [3.8, 4) is 0 Å². The molecule has 2 saturated carbocycles. The Morgan fingerprint density at radius 2 is 1.89 bits per heavy atom. The van der Waals surface area contributed by atoms with E-state index in [1.807, 2.05) is 6.07 Å². The zero-order valence-electron chi connectivity index (χ0n) is 15.6. The number of aromatic carboxylic acids is 1. The van der Waals surface area contributed by atoms with E-state index in [9.17, 15) is 9.90 Å². The minimum absolute atomic E-state index is 0.164. The number of rotatable bonds is 2. The molecule has 3 aliphatic rings. The highest BCUT2D eigenvalue weighted by molar-refractivity contribution is 6.31. The van der Waals surface area contributed by atoms with E-state index in [0.717, 1.165) is 11.3 Å². The molecule has 0 radical (unpaired) electrons. The summed E-state index contributed by atoms with van der Waals surface area (Å²) in [5, 5.41) is 14.0. The van der Waals surface area contributed by atoms with Crippen LogP contribution < -0.4 is 5.32 Å². The third kappa shape index (κ3) is 2.51. The minimum atomic E-state index is -0.914. The van der Waals surface area contributed by atoms with Crippen LogP contribution in [0.5, 0.6) is 0 Å². The molecule has 0 unspecified atom stereocenters. The second-order valence-electron chi connectivity index (χ2n) is 8.64. The van der Waals surface area contributed by atoms with E-state index >= 15 is 0 Å². The predicted octanol–water partition coefficient (Wildman–Crippen LogP) is 5.95. The Morgan fingerprint density at radius 3 is 2.67 bits per heavy atom. The molecular weight excluding hydrogens is 358 g/mol. The summed E-state index contributed by atoms with van der Waals surface area (Å²) in [4.78, 5) is 11.9. The van der Waals surface area contributed by atoms with Crippen LogP contribution in [0.3, 0.4) is 0 Å². The van der Waals surface area contributed by atoms with Gasteiger partial charge in [-0.1, -0.05) is 35.4 Å². The fraction of sp³-hybridized carbons (Fsp3) is 0.435. The summed E-state index contributed by atoms with van der Waals surface area (Å²) >= 11 is 6.33. The molecule has 0 amide bonds. The molecule has 0 spiro atoms. The average Bonchev–Trinajstić information content (AvgIpc) is 3.25. The number of fused-ring (bicyclic) bond motifs is 7. The summed E-state index contributed by atoms with van der Waals surface area (Å²) in [6, 6.07) is 10.4. The lowest BCUT2D eigenvalue weighted by Gasteiger charge is -2.44.